The Morgan fingerprint density at radius 3 is 2.27 bits per heavy atom. The molecule has 1 atom stereocenters. The van der Waals surface area contributed by atoms with Crippen molar-refractivity contribution in [3.05, 3.63) is 42.0 Å². The molecule has 2 aromatic carbocycles. The van der Waals surface area contributed by atoms with Crippen LogP contribution in [0, 0.1) is 0 Å². The normalized spacial score (nSPS) is 13.4. The molecule has 1 unspecified atom stereocenters. The number of rotatable bonds is 11. The fraction of sp³-hybridized carbons (Fsp3) is 0.516. The first kappa shape index (κ1) is 34.4. The third-order valence-corrected chi connectivity index (χ3v) is 6.15. The van der Waals surface area contributed by atoms with Gasteiger partial charge in [0.05, 0.1) is 37.7 Å². The lowest BCUT2D eigenvalue weighted by molar-refractivity contribution is -0.119. The first-order valence-corrected chi connectivity index (χ1v) is 14.0. The number of anilines is 3. The van der Waals surface area contributed by atoms with Crippen LogP contribution in [0.1, 0.15) is 79.0 Å². The molecule has 0 aliphatic carbocycles. The van der Waals surface area contributed by atoms with Crippen LogP contribution >= 0.6 is 0 Å². The van der Waals surface area contributed by atoms with Crippen molar-refractivity contribution in [2.45, 2.75) is 78.9 Å². The van der Waals surface area contributed by atoms with Gasteiger partial charge < -0.3 is 35.1 Å². The van der Waals surface area contributed by atoms with E-state index in [1.54, 1.807) is 25.6 Å². The first-order valence-electron chi connectivity index (χ1n) is 14.0. The highest BCUT2D eigenvalue weighted by Crippen LogP contribution is 2.40. The number of aliphatic imine (C=N–C) groups is 1. The van der Waals surface area contributed by atoms with Crippen molar-refractivity contribution >= 4 is 35.6 Å². The zero-order valence-electron chi connectivity index (χ0n) is 25.8. The zero-order valence-corrected chi connectivity index (χ0v) is 25.8. The number of hydrogen-bond acceptors (Lipinski definition) is 8. The number of aldehydes is 1. The van der Waals surface area contributed by atoms with Crippen molar-refractivity contribution in [1.82, 2.24) is 4.90 Å². The van der Waals surface area contributed by atoms with Crippen LogP contribution in [-0.2, 0) is 9.59 Å². The van der Waals surface area contributed by atoms with Crippen molar-refractivity contribution in [2.24, 2.45) is 4.99 Å². The molecule has 0 fully saturated rings. The molecule has 40 heavy (non-hydrogen) atoms. The lowest BCUT2D eigenvalue weighted by atomic mass is 10.1. The highest BCUT2D eigenvalue weighted by molar-refractivity contribution is 5.98. The Morgan fingerprint density at radius 1 is 1.10 bits per heavy atom. The molecule has 9 nitrogen and oxygen atoms in total. The number of benzene rings is 2. The highest BCUT2D eigenvalue weighted by Gasteiger charge is 2.23. The minimum absolute atomic E-state index is 0.162. The Balaban J connectivity index is 0.000000775. The summed E-state index contributed by atoms with van der Waals surface area (Å²) in [7, 11) is 5.79. The van der Waals surface area contributed by atoms with Crippen LogP contribution in [0.4, 0.5) is 17.1 Å². The van der Waals surface area contributed by atoms with Crippen molar-refractivity contribution in [1.29, 1.82) is 0 Å². The van der Waals surface area contributed by atoms with E-state index in [-0.39, 0.29) is 18.5 Å². The smallest absolute Gasteiger partial charge is 0.231 e. The predicted molar refractivity (Wildman–Crippen MR) is 167 cm³/mol. The number of methoxy groups -OCH3 is 1. The van der Waals surface area contributed by atoms with Gasteiger partial charge in [-0.2, -0.15) is 0 Å². The van der Waals surface area contributed by atoms with E-state index >= 15 is 0 Å². The maximum Gasteiger partial charge on any atom is 0.231 e. The Bertz CT molecular complexity index is 1060. The second kappa shape index (κ2) is 17.9. The number of nitrogens with zero attached hydrogens (tertiary/aromatic N) is 2. The van der Waals surface area contributed by atoms with Gasteiger partial charge in [0.25, 0.3) is 0 Å². The molecule has 0 aromatic heterocycles. The summed E-state index contributed by atoms with van der Waals surface area (Å²) in [6.45, 7) is 13.4. The van der Waals surface area contributed by atoms with Gasteiger partial charge in [0.15, 0.2) is 6.17 Å². The molecular weight excluding hydrogens is 506 g/mol. The summed E-state index contributed by atoms with van der Waals surface area (Å²) in [5.74, 6) is 1.09. The quantitative estimate of drug-likeness (QED) is 0.160. The van der Waals surface area contributed by atoms with Crippen LogP contribution in [0.5, 0.6) is 11.5 Å². The Kier molecular flexibility index (Phi) is 15.4. The SMILES string of the molecule is CC.CCCCCOc1cc2c(c(OC)c1)C(Nc1ccc(NC(=O)CC=O)cc1)N=CN2.CN(C)C(C)(C)C. The Morgan fingerprint density at radius 2 is 1.73 bits per heavy atom. The number of carbonyl (C=O) groups is 2. The third kappa shape index (κ3) is 11.7. The topological polar surface area (TPSA) is 104 Å². The summed E-state index contributed by atoms with van der Waals surface area (Å²) in [5, 5.41) is 9.21. The molecule has 0 radical (unpaired) electrons. The monoisotopic (exact) mass is 555 g/mol. The number of amides is 1. The van der Waals surface area contributed by atoms with Gasteiger partial charge in [-0.25, -0.2) is 4.99 Å². The van der Waals surface area contributed by atoms with E-state index in [0.717, 1.165) is 42.0 Å². The zero-order chi connectivity index (χ0) is 30.1. The number of nitrogens with one attached hydrogen (secondary N) is 3. The largest absolute Gasteiger partial charge is 0.496 e. The number of fused-ring (bicyclic) bond motifs is 1. The van der Waals surface area contributed by atoms with Gasteiger partial charge in [0.1, 0.15) is 17.8 Å². The molecule has 3 rings (SSSR count). The second-order valence-electron chi connectivity index (χ2n) is 10.2. The van der Waals surface area contributed by atoms with Gasteiger partial charge >= 0.3 is 0 Å². The van der Waals surface area contributed by atoms with Crippen molar-refractivity contribution in [2.75, 3.05) is 43.8 Å². The molecule has 1 aliphatic heterocycles. The van der Waals surface area contributed by atoms with Gasteiger partial charge in [-0.1, -0.05) is 33.6 Å². The van der Waals surface area contributed by atoms with E-state index in [1.165, 1.54) is 0 Å². The van der Waals surface area contributed by atoms with Crippen molar-refractivity contribution in [3.8, 4) is 11.5 Å². The molecule has 0 saturated heterocycles. The molecule has 0 spiro atoms. The van der Waals surface area contributed by atoms with Gasteiger partial charge in [0, 0.05) is 29.0 Å². The number of ether oxygens (including phenoxy) is 2. The molecule has 1 aliphatic rings. The summed E-state index contributed by atoms with van der Waals surface area (Å²) >= 11 is 0. The van der Waals surface area contributed by atoms with Crippen molar-refractivity contribution < 1.29 is 19.1 Å². The molecule has 0 saturated carbocycles. The lowest BCUT2D eigenvalue weighted by Crippen LogP contribution is -2.34. The fourth-order valence-electron chi connectivity index (χ4n) is 3.26. The van der Waals surface area contributed by atoms with E-state index < -0.39 is 0 Å². The average Bonchev–Trinajstić information content (AvgIpc) is 2.93. The van der Waals surface area contributed by atoms with E-state index in [4.69, 9.17) is 9.47 Å². The summed E-state index contributed by atoms with van der Waals surface area (Å²) in [6, 6.07) is 11.0. The molecule has 1 heterocycles. The third-order valence-electron chi connectivity index (χ3n) is 6.15. The van der Waals surface area contributed by atoms with Gasteiger partial charge in [-0.15, -0.1) is 0 Å². The van der Waals surface area contributed by atoms with Crippen molar-refractivity contribution in [3.63, 3.8) is 0 Å². The van der Waals surface area contributed by atoms with Crippen LogP contribution < -0.4 is 25.4 Å². The highest BCUT2D eigenvalue weighted by atomic mass is 16.5. The van der Waals surface area contributed by atoms with Crippen LogP contribution in [0.15, 0.2) is 41.4 Å². The van der Waals surface area contributed by atoms with E-state index in [9.17, 15) is 9.59 Å². The molecule has 9 heteroatoms. The molecule has 1 amide bonds. The Labute approximate surface area is 240 Å². The van der Waals surface area contributed by atoms with E-state index in [1.807, 2.05) is 38.1 Å². The standard InChI is InChI=1S/C23H28N4O4.C6H15N.C2H6/c1-3-4-5-12-31-18-13-19-22(20(14-18)30-2)23(25-15-24-19)27-17-8-6-16(7-9-17)26-21(29)10-11-28;1-6(2,3)7(4)5;1-2/h6-9,11,13-15,23,27H,3-5,10,12H2,1-2H3,(H,24,25)(H,26,29);1-5H3;1-2H3. The Hall–Kier alpha value is -3.59. The maximum atomic E-state index is 11.5. The summed E-state index contributed by atoms with van der Waals surface area (Å²) in [6.07, 6.45) is 5.01. The summed E-state index contributed by atoms with van der Waals surface area (Å²) in [5.41, 5.74) is 3.53. The van der Waals surface area contributed by atoms with Gasteiger partial charge in [-0.05, 0) is 65.6 Å². The number of carbonyl (C=O) groups excluding carboxylic acids is 2. The first-order chi connectivity index (χ1) is 19.1. The minimum Gasteiger partial charge on any atom is -0.496 e. The van der Waals surface area contributed by atoms with Crippen LogP contribution in [-0.4, -0.2) is 56.8 Å². The van der Waals surface area contributed by atoms with E-state index in [2.05, 4.69) is 67.6 Å². The molecular formula is C31H49N5O4. The number of unbranched alkanes of at least 4 members (excludes halogenated alkanes) is 2. The number of hydrogen-bond donors (Lipinski definition) is 3. The second-order valence-corrected chi connectivity index (χ2v) is 10.2. The van der Waals surface area contributed by atoms with Crippen LogP contribution in [0.3, 0.4) is 0 Å². The predicted octanol–water partition coefficient (Wildman–Crippen LogP) is 6.73. The van der Waals surface area contributed by atoms with Crippen LogP contribution in [0.2, 0.25) is 0 Å². The summed E-state index contributed by atoms with van der Waals surface area (Å²) in [4.78, 5) is 28.7. The van der Waals surface area contributed by atoms with Crippen LogP contribution in [0.25, 0.3) is 0 Å². The average molecular weight is 556 g/mol. The fourth-order valence-corrected chi connectivity index (χ4v) is 3.26. The van der Waals surface area contributed by atoms with Gasteiger partial charge in [0.2, 0.25) is 5.91 Å². The minimum atomic E-state index is -0.351. The summed E-state index contributed by atoms with van der Waals surface area (Å²) < 4.78 is 11.5. The van der Waals surface area contributed by atoms with E-state index in [0.29, 0.717) is 29.9 Å². The maximum absolute atomic E-state index is 11.5. The van der Waals surface area contributed by atoms with Gasteiger partial charge in [-0.3, -0.25) is 4.79 Å². The molecule has 222 valence electrons. The molecule has 0 bridgehead atoms. The lowest BCUT2D eigenvalue weighted by Gasteiger charge is -2.27. The molecule has 2 aromatic rings. The molecule has 3 N–H and O–H groups in total.